The number of hydrogen-bond acceptors (Lipinski definition) is 4. The second-order valence-electron chi connectivity index (χ2n) is 5.29. The minimum Gasteiger partial charge on any atom is -0.618 e. The molecule has 1 atom stereocenters. The van der Waals surface area contributed by atoms with Gasteiger partial charge >= 0.3 is 0 Å². The van der Waals surface area contributed by atoms with Crippen LogP contribution in [-0.4, -0.2) is 23.6 Å². The molecule has 5 heteroatoms. The molecule has 118 valence electrons. The molecule has 0 saturated carbocycles. The Hall–Kier alpha value is -1.72. The average molecular weight is 319 g/mol. The molecule has 2 aromatic rings. The summed E-state index contributed by atoms with van der Waals surface area (Å²) >= 11 is 1.32. The number of aromatic nitrogens is 1. The molecule has 0 spiro atoms. The molecule has 0 radical (unpaired) electrons. The van der Waals surface area contributed by atoms with Gasteiger partial charge in [-0.1, -0.05) is 23.9 Å². The van der Waals surface area contributed by atoms with E-state index in [1.165, 1.54) is 23.5 Å². The molecular weight excluding hydrogens is 298 g/mol. The van der Waals surface area contributed by atoms with Crippen molar-refractivity contribution in [2.24, 2.45) is 0 Å². The van der Waals surface area contributed by atoms with Gasteiger partial charge < -0.3 is 15.1 Å². The van der Waals surface area contributed by atoms with Gasteiger partial charge in [0.25, 0.3) is 5.03 Å². The highest BCUT2D eigenvalue weighted by molar-refractivity contribution is 7.99. The van der Waals surface area contributed by atoms with Crippen LogP contribution in [0.3, 0.4) is 0 Å². The predicted molar refractivity (Wildman–Crippen MR) is 88.3 cm³/mol. The Bertz CT molecular complexity index is 646. The van der Waals surface area contributed by atoms with Crippen LogP contribution in [0.15, 0.2) is 41.6 Å². The zero-order chi connectivity index (χ0) is 16.1. The van der Waals surface area contributed by atoms with Crippen molar-refractivity contribution in [2.75, 3.05) is 12.4 Å². The van der Waals surface area contributed by atoms with Gasteiger partial charge in [0.15, 0.2) is 6.20 Å². The lowest BCUT2D eigenvalue weighted by atomic mass is 10.1. The lowest BCUT2D eigenvalue weighted by Gasteiger charge is -2.16. The van der Waals surface area contributed by atoms with Gasteiger partial charge in [0.05, 0.1) is 6.10 Å². The number of thioether (sulfide) groups is 1. The second-order valence-corrected chi connectivity index (χ2v) is 6.33. The summed E-state index contributed by atoms with van der Waals surface area (Å²) in [7, 11) is 0. The molecule has 0 fully saturated rings. The molecule has 1 heterocycles. The number of hydrogen-bond donors (Lipinski definition) is 1. The molecule has 22 heavy (non-hydrogen) atoms. The fraction of sp³-hybridized carbons (Fsp3) is 0.353. The first-order chi connectivity index (χ1) is 10.5. The predicted octanol–water partition coefficient (Wildman–Crippen LogP) is 2.78. The van der Waals surface area contributed by atoms with Crippen molar-refractivity contribution in [2.45, 2.75) is 31.9 Å². The van der Waals surface area contributed by atoms with E-state index in [1.54, 1.807) is 18.2 Å². The van der Waals surface area contributed by atoms with E-state index in [9.17, 15) is 10.3 Å². The first-order valence-electron chi connectivity index (χ1n) is 7.17. The Balaban J connectivity index is 1.90. The van der Waals surface area contributed by atoms with Gasteiger partial charge in [0.2, 0.25) is 0 Å². The highest BCUT2D eigenvalue weighted by atomic mass is 32.2. The molecule has 0 aliphatic rings. The smallest absolute Gasteiger partial charge is 0.251 e. The summed E-state index contributed by atoms with van der Waals surface area (Å²) in [5.74, 6) is 1.25. The summed E-state index contributed by atoms with van der Waals surface area (Å²) < 4.78 is 6.58. The summed E-state index contributed by atoms with van der Waals surface area (Å²) in [5, 5.41) is 22.2. The van der Waals surface area contributed by atoms with Gasteiger partial charge in [-0.2, -0.15) is 4.73 Å². The van der Waals surface area contributed by atoms with Crippen molar-refractivity contribution in [3.05, 3.63) is 58.4 Å². The molecule has 0 saturated heterocycles. The molecule has 0 bridgehead atoms. The third-order valence-electron chi connectivity index (χ3n) is 3.51. The summed E-state index contributed by atoms with van der Waals surface area (Å²) in [6.07, 6.45) is 0.814. The van der Waals surface area contributed by atoms with Crippen LogP contribution in [0.25, 0.3) is 0 Å². The normalized spacial score (nSPS) is 12.2. The van der Waals surface area contributed by atoms with E-state index in [2.05, 4.69) is 6.07 Å². The molecule has 1 aromatic heterocycles. The molecule has 1 N–H and O–H groups in total. The Morgan fingerprint density at radius 1 is 1.18 bits per heavy atom. The zero-order valence-electron chi connectivity index (χ0n) is 13.1. The average Bonchev–Trinajstić information content (AvgIpc) is 2.50. The van der Waals surface area contributed by atoms with Crippen LogP contribution in [0, 0.1) is 26.0 Å². The van der Waals surface area contributed by atoms with Gasteiger partial charge in [-0.3, -0.25) is 0 Å². The minimum atomic E-state index is -0.635. The van der Waals surface area contributed by atoms with Crippen molar-refractivity contribution in [1.82, 2.24) is 0 Å². The lowest BCUT2D eigenvalue weighted by molar-refractivity contribution is -0.645. The van der Waals surface area contributed by atoms with Gasteiger partial charge in [-0.25, -0.2) is 0 Å². The number of aryl methyl sites for hydroxylation is 2. The van der Waals surface area contributed by atoms with Crippen LogP contribution < -0.4 is 9.47 Å². The van der Waals surface area contributed by atoms with Crippen molar-refractivity contribution >= 4 is 11.8 Å². The second kappa shape index (κ2) is 7.51. The highest BCUT2D eigenvalue weighted by Gasteiger charge is 2.13. The maximum Gasteiger partial charge on any atom is 0.251 e. The molecular formula is C17H21NO3S. The monoisotopic (exact) mass is 319 g/mol. The first kappa shape index (κ1) is 16.6. The Morgan fingerprint density at radius 2 is 1.91 bits per heavy atom. The van der Waals surface area contributed by atoms with Crippen LogP contribution >= 0.6 is 11.8 Å². The summed E-state index contributed by atoms with van der Waals surface area (Å²) in [6.45, 7) is 6.26. The quantitative estimate of drug-likeness (QED) is 0.505. The molecule has 0 aliphatic carbocycles. The molecule has 2 rings (SSSR count). The van der Waals surface area contributed by atoms with Crippen molar-refractivity contribution in [3.8, 4) is 5.75 Å². The van der Waals surface area contributed by atoms with Crippen LogP contribution in [0.2, 0.25) is 0 Å². The minimum absolute atomic E-state index is 0.212. The third-order valence-corrected chi connectivity index (χ3v) is 4.67. The third kappa shape index (κ3) is 4.15. The van der Waals surface area contributed by atoms with Crippen LogP contribution in [0.5, 0.6) is 5.75 Å². The SMILES string of the molecule is Cc1ccc(C)c(OCC(O)CSc2cccc[n+]2[O-])c1C. The number of pyridine rings is 1. The molecule has 1 aromatic carbocycles. The van der Waals surface area contributed by atoms with Gasteiger partial charge in [0.1, 0.15) is 12.4 Å². The van der Waals surface area contributed by atoms with Crippen molar-refractivity contribution < 1.29 is 14.6 Å². The standard InChI is InChI=1S/C17H21NO3S/c1-12-7-8-13(2)17(14(12)3)21-10-15(19)11-22-16-6-4-5-9-18(16)20/h4-9,15,19H,10-11H2,1-3H3. The number of aliphatic hydroxyl groups excluding tert-OH is 1. The Morgan fingerprint density at radius 3 is 2.64 bits per heavy atom. The lowest BCUT2D eigenvalue weighted by Crippen LogP contribution is -2.29. The van der Waals surface area contributed by atoms with Crippen LogP contribution in [-0.2, 0) is 0 Å². The van der Waals surface area contributed by atoms with Crippen LogP contribution in [0.1, 0.15) is 16.7 Å². The summed E-state index contributed by atoms with van der Waals surface area (Å²) in [6, 6.07) is 9.30. The molecule has 1 unspecified atom stereocenters. The van der Waals surface area contributed by atoms with E-state index < -0.39 is 6.10 Å². The van der Waals surface area contributed by atoms with E-state index in [0.29, 0.717) is 10.8 Å². The van der Waals surface area contributed by atoms with E-state index in [0.717, 1.165) is 21.6 Å². The van der Waals surface area contributed by atoms with Gasteiger partial charge in [-0.05, 0) is 43.5 Å². The van der Waals surface area contributed by atoms with E-state index >= 15 is 0 Å². The highest BCUT2D eigenvalue weighted by Crippen LogP contribution is 2.26. The number of ether oxygens (including phenoxy) is 1. The topological polar surface area (TPSA) is 56.4 Å². The number of benzene rings is 1. The molecule has 0 amide bonds. The Kier molecular flexibility index (Phi) is 5.69. The van der Waals surface area contributed by atoms with E-state index in [1.807, 2.05) is 26.8 Å². The molecule has 4 nitrogen and oxygen atoms in total. The largest absolute Gasteiger partial charge is 0.618 e. The fourth-order valence-corrected chi connectivity index (χ4v) is 2.90. The Labute approximate surface area is 135 Å². The van der Waals surface area contributed by atoms with Crippen LogP contribution in [0.4, 0.5) is 0 Å². The first-order valence-corrected chi connectivity index (χ1v) is 8.16. The number of nitrogens with zero attached hydrogens (tertiary/aromatic N) is 1. The maximum atomic E-state index is 11.5. The maximum absolute atomic E-state index is 11.5. The number of aliphatic hydroxyl groups is 1. The van der Waals surface area contributed by atoms with Gasteiger partial charge in [-0.15, -0.1) is 0 Å². The van der Waals surface area contributed by atoms with Crippen molar-refractivity contribution in [1.29, 1.82) is 0 Å². The van der Waals surface area contributed by atoms with E-state index in [-0.39, 0.29) is 6.61 Å². The zero-order valence-corrected chi connectivity index (χ0v) is 13.9. The number of rotatable bonds is 6. The van der Waals surface area contributed by atoms with Crippen molar-refractivity contribution in [3.63, 3.8) is 0 Å². The summed E-state index contributed by atoms with van der Waals surface area (Å²) in [5.41, 5.74) is 3.32. The molecule has 0 aliphatic heterocycles. The van der Waals surface area contributed by atoms with Gasteiger partial charge in [0, 0.05) is 17.9 Å². The summed E-state index contributed by atoms with van der Waals surface area (Å²) in [4.78, 5) is 0. The van der Waals surface area contributed by atoms with E-state index in [4.69, 9.17) is 4.74 Å². The fourth-order valence-electron chi connectivity index (χ4n) is 2.08.